The standard InChI is InChI=1S/C7H5ClO2.Na.H/c8-10-7(9)6-4-2-1-3-5-6;;/h1-5H;;. The van der Waals surface area contributed by atoms with Gasteiger partial charge < -0.3 is 4.29 Å². The molecule has 0 saturated carbocycles. The SMILES string of the molecule is O=C(OCl)c1ccccc1.[NaH]. The Bertz CT molecular complexity index is 225. The molecular weight excluding hydrogens is 175 g/mol. The van der Waals surface area contributed by atoms with Gasteiger partial charge in [-0.25, -0.2) is 4.79 Å². The van der Waals surface area contributed by atoms with Crippen molar-refractivity contribution < 1.29 is 9.08 Å². The molecule has 0 aliphatic heterocycles. The van der Waals surface area contributed by atoms with E-state index in [0.717, 1.165) is 0 Å². The molecule has 0 aliphatic carbocycles. The molecule has 0 N–H and O–H groups in total. The number of carbonyl (C=O) groups is 1. The molecule has 1 rings (SSSR count). The van der Waals surface area contributed by atoms with Gasteiger partial charge in [-0.15, -0.1) is 0 Å². The maximum atomic E-state index is 10.7. The van der Waals surface area contributed by atoms with Crippen LogP contribution < -0.4 is 0 Å². The molecule has 0 unspecified atom stereocenters. The minimum atomic E-state index is -0.526. The topological polar surface area (TPSA) is 26.3 Å². The summed E-state index contributed by atoms with van der Waals surface area (Å²) in [5.41, 5.74) is 0.456. The summed E-state index contributed by atoms with van der Waals surface area (Å²) in [6.45, 7) is 0. The molecule has 0 heterocycles. The summed E-state index contributed by atoms with van der Waals surface area (Å²) in [5, 5.41) is 0. The Kier molecular flexibility index (Phi) is 5.60. The summed E-state index contributed by atoms with van der Waals surface area (Å²) in [6.07, 6.45) is 0. The van der Waals surface area contributed by atoms with Crippen LogP contribution in [0.25, 0.3) is 0 Å². The molecule has 0 spiro atoms. The molecule has 4 heteroatoms. The zero-order chi connectivity index (χ0) is 7.40. The zero-order valence-electron chi connectivity index (χ0n) is 5.08. The van der Waals surface area contributed by atoms with Crippen molar-refractivity contribution in [1.82, 2.24) is 0 Å². The van der Waals surface area contributed by atoms with Crippen molar-refractivity contribution in [2.75, 3.05) is 0 Å². The Morgan fingerprint density at radius 3 is 2.27 bits per heavy atom. The fourth-order valence-electron chi connectivity index (χ4n) is 0.619. The van der Waals surface area contributed by atoms with Gasteiger partial charge in [-0.1, -0.05) is 18.2 Å². The molecule has 0 fully saturated rings. The second-order valence-electron chi connectivity index (χ2n) is 1.73. The van der Waals surface area contributed by atoms with Crippen LogP contribution in [0.2, 0.25) is 0 Å². The van der Waals surface area contributed by atoms with Crippen molar-refractivity contribution in [2.45, 2.75) is 0 Å². The second-order valence-corrected chi connectivity index (χ2v) is 1.88. The van der Waals surface area contributed by atoms with E-state index in [1.54, 1.807) is 24.3 Å². The summed E-state index contributed by atoms with van der Waals surface area (Å²) in [5.74, 6) is -0.526. The summed E-state index contributed by atoms with van der Waals surface area (Å²) in [4.78, 5) is 10.7. The van der Waals surface area contributed by atoms with Crippen molar-refractivity contribution in [2.24, 2.45) is 0 Å². The number of carbonyl (C=O) groups excluding carboxylic acids is 1. The molecule has 2 nitrogen and oxygen atoms in total. The third-order valence-electron chi connectivity index (χ3n) is 1.08. The van der Waals surface area contributed by atoms with Crippen molar-refractivity contribution in [1.29, 1.82) is 0 Å². The molecule has 0 bridgehead atoms. The zero-order valence-corrected chi connectivity index (χ0v) is 5.84. The van der Waals surface area contributed by atoms with Gasteiger partial charge in [0.2, 0.25) is 0 Å². The first-order valence-corrected chi connectivity index (χ1v) is 3.03. The number of benzene rings is 1. The van der Waals surface area contributed by atoms with Gasteiger partial charge >= 0.3 is 35.5 Å². The van der Waals surface area contributed by atoms with Gasteiger partial charge in [-0.05, 0) is 12.1 Å². The molecule has 0 atom stereocenters. The van der Waals surface area contributed by atoms with Crippen molar-refractivity contribution in [3.05, 3.63) is 35.9 Å². The fraction of sp³-hybridized carbons (Fsp3) is 0. The van der Waals surface area contributed by atoms with Gasteiger partial charge in [-0.2, -0.15) is 0 Å². The van der Waals surface area contributed by atoms with Crippen LogP contribution in [0.1, 0.15) is 10.4 Å². The predicted octanol–water partition coefficient (Wildman–Crippen LogP) is 1.35. The molecule has 0 saturated heterocycles. The van der Waals surface area contributed by atoms with E-state index in [4.69, 9.17) is 11.9 Å². The Balaban J connectivity index is 0.000001000. The molecule has 0 amide bonds. The Morgan fingerprint density at radius 2 is 1.82 bits per heavy atom. The average Bonchev–Trinajstić information content (AvgIpc) is 2.05. The third-order valence-corrected chi connectivity index (χ3v) is 1.22. The average molecular weight is 181 g/mol. The van der Waals surface area contributed by atoms with Crippen LogP contribution >= 0.6 is 11.9 Å². The van der Waals surface area contributed by atoms with E-state index in [1.807, 2.05) is 6.07 Å². The fourth-order valence-corrected chi connectivity index (χ4v) is 0.708. The third kappa shape index (κ3) is 3.25. The molecule has 0 aliphatic rings. The second kappa shape index (κ2) is 5.61. The molecule has 1 aromatic rings. The number of hydrogen-bond donors (Lipinski definition) is 0. The predicted molar refractivity (Wildman–Crippen MR) is 44.9 cm³/mol. The maximum absolute atomic E-state index is 10.7. The van der Waals surface area contributed by atoms with E-state index in [-0.39, 0.29) is 29.6 Å². The van der Waals surface area contributed by atoms with Gasteiger partial charge in [0, 0.05) is 0 Å². The van der Waals surface area contributed by atoms with Gasteiger partial charge in [0.05, 0.1) is 5.56 Å². The summed E-state index contributed by atoms with van der Waals surface area (Å²) in [6, 6.07) is 8.55. The van der Waals surface area contributed by atoms with E-state index in [9.17, 15) is 4.79 Å². The van der Waals surface area contributed by atoms with E-state index < -0.39 is 5.97 Å². The number of hydrogen-bond acceptors (Lipinski definition) is 2. The minimum absolute atomic E-state index is 0. The van der Waals surface area contributed by atoms with Crippen molar-refractivity contribution in [3.8, 4) is 0 Å². The molecule has 1 aromatic carbocycles. The Labute approximate surface area is 92.0 Å². The van der Waals surface area contributed by atoms with Gasteiger partial charge in [0.25, 0.3) is 0 Å². The number of halogens is 1. The molecule has 11 heavy (non-hydrogen) atoms. The van der Waals surface area contributed by atoms with Crippen LogP contribution in [0, 0.1) is 0 Å². The molecule has 0 radical (unpaired) electrons. The van der Waals surface area contributed by atoms with Crippen molar-refractivity contribution >= 4 is 47.4 Å². The van der Waals surface area contributed by atoms with E-state index >= 15 is 0 Å². The normalized spacial score (nSPS) is 8.09. The van der Waals surface area contributed by atoms with Crippen LogP contribution in [-0.4, -0.2) is 35.5 Å². The van der Waals surface area contributed by atoms with E-state index in [2.05, 4.69) is 4.29 Å². The van der Waals surface area contributed by atoms with Crippen LogP contribution in [0.3, 0.4) is 0 Å². The van der Waals surface area contributed by atoms with Crippen LogP contribution in [0.4, 0.5) is 0 Å². The molecular formula is C7H6ClNaO2. The van der Waals surface area contributed by atoms with Crippen molar-refractivity contribution in [3.63, 3.8) is 0 Å². The summed E-state index contributed by atoms with van der Waals surface area (Å²) >= 11 is 4.84. The first-order chi connectivity index (χ1) is 4.84. The molecule has 0 aromatic heterocycles. The Morgan fingerprint density at radius 1 is 1.27 bits per heavy atom. The van der Waals surface area contributed by atoms with Crippen LogP contribution in [0.5, 0.6) is 0 Å². The Hall–Kier alpha value is -0.0200. The summed E-state index contributed by atoms with van der Waals surface area (Å²) < 4.78 is 3.97. The van der Waals surface area contributed by atoms with Gasteiger partial charge in [-0.3, -0.25) is 0 Å². The van der Waals surface area contributed by atoms with Crippen LogP contribution in [0.15, 0.2) is 30.3 Å². The number of rotatable bonds is 1. The van der Waals surface area contributed by atoms with E-state index in [1.165, 1.54) is 0 Å². The first kappa shape index (κ1) is 11.0. The summed E-state index contributed by atoms with van der Waals surface area (Å²) in [7, 11) is 0. The van der Waals surface area contributed by atoms with Gasteiger partial charge in [0.15, 0.2) is 0 Å². The monoisotopic (exact) mass is 180 g/mol. The quantitative estimate of drug-likeness (QED) is 0.610. The van der Waals surface area contributed by atoms with E-state index in [0.29, 0.717) is 5.56 Å². The molecule has 54 valence electrons. The van der Waals surface area contributed by atoms with Crippen LogP contribution in [-0.2, 0) is 4.29 Å². The van der Waals surface area contributed by atoms with Gasteiger partial charge in [0.1, 0.15) is 11.9 Å². The first-order valence-electron chi connectivity index (χ1n) is 2.72.